The molecule has 0 bridgehead atoms. The largest absolute Gasteiger partial charge is 0.370 e. The van der Waals surface area contributed by atoms with E-state index in [0.717, 1.165) is 44.0 Å². The predicted molar refractivity (Wildman–Crippen MR) is 91.7 cm³/mol. The zero-order valence-corrected chi connectivity index (χ0v) is 14.1. The standard InChI is InChI=1S/C17H25N5O2/c1-13-3-4-15(18-9-13)19-10-14-5-8-21(12-14)6-2-7-22-16(23)11-20-17(22)24/h3-4,9,14H,2,5-8,10-12H2,1H3,(H,18,19)(H,20,24). The van der Waals surface area contributed by atoms with Gasteiger partial charge in [-0.25, -0.2) is 9.78 Å². The molecule has 0 radical (unpaired) electrons. The molecule has 130 valence electrons. The molecule has 0 aliphatic carbocycles. The number of imide groups is 1. The summed E-state index contributed by atoms with van der Waals surface area (Å²) in [4.78, 5) is 31.1. The molecule has 3 amide bonds. The van der Waals surface area contributed by atoms with E-state index in [1.54, 1.807) is 0 Å². The van der Waals surface area contributed by atoms with Crippen LogP contribution in [-0.2, 0) is 4.79 Å². The molecule has 1 aromatic heterocycles. The summed E-state index contributed by atoms with van der Waals surface area (Å²) in [5.74, 6) is 1.43. The second-order valence-corrected chi connectivity index (χ2v) is 6.61. The SMILES string of the molecule is Cc1ccc(NCC2CCN(CCCN3C(=O)CNC3=O)C2)nc1. The van der Waals surface area contributed by atoms with Crippen LogP contribution in [-0.4, -0.2) is 66.0 Å². The summed E-state index contributed by atoms with van der Waals surface area (Å²) in [5, 5.41) is 5.95. The van der Waals surface area contributed by atoms with Crippen LogP contribution in [0.4, 0.5) is 10.6 Å². The Balaban J connectivity index is 1.34. The van der Waals surface area contributed by atoms with Crippen molar-refractivity contribution in [3.05, 3.63) is 23.9 Å². The van der Waals surface area contributed by atoms with Gasteiger partial charge in [0.15, 0.2) is 0 Å². The lowest BCUT2D eigenvalue weighted by atomic mass is 10.1. The van der Waals surface area contributed by atoms with Crippen molar-refractivity contribution < 1.29 is 9.59 Å². The molecular formula is C17H25N5O2. The monoisotopic (exact) mass is 331 g/mol. The number of rotatable bonds is 7. The number of amides is 3. The molecule has 24 heavy (non-hydrogen) atoms. The summed E-state index contributed by atoms with van der Waals surface area (Å²) < 4.78 is 0. The van der Waals surface area contributed by atoms with E-state index in [2.05, 4.69) is 26.6 Å². The van der Waals surface area contributed by atoms with E-state index in [4.69, 9.17) is 0 Å². The Morgan fingerprint density at radius 2 is 2.21 bits per heavy atom. The van der Waals surface area contributed by atoms with Gasteiger partial charge in [0.05, 0.1) is 6.54 Å². The van der Waals surface area contributed by atoms with E-state index < -0.39 is 0 Å². The molecule has 1 atom stereocenters. The first-order valence-electron chi connectivity index (χ1n) is 8.59. The van der Waals surface area contributed by atoms with Gasteiger partial charge in [-0.2, -0.15) is 0 Å². The van der Waals surface area contributed by atoms with Crippen molar-refractivity contribution in [2.24, 2.45) is 5.92 Å². The number of urea groups is 1. The first-order chi connectivity index (χ1) is 11.6. The third kappa shape index (κ3) is 4.23. The van der Waals surface area contributed by atoms with Gasteiger partial charge in [-0.15, -0.1) is 0 Å². The number of hydrogen-bond acceptors (Lipinski definition) is 5. The van der Waals surface area contributed by atoms with Crippen molar-refractivity contribution >= 4 is 17.8 Å². The molecule has 0 spiro atoms. The maximum Gasteiger partial charge on any atom is 0.324 e. The van der Waals surface area contributed by atoms with Crippen molar-refractivity contribution in [1.29, 1.82) is 0 Å². The number of aromatic nitrogens is 1. The second-order valence-electron chi connectivity index (χ2n) is 6.61. The molecule has 3 rings (SSSR count). The Morgan fingerprint density at radius 1 is 1.33 bits per heavy atom. The molecule has 1 aromatic rings. The number of carbonyl (C=O) groups is 2. The van der Waals surface area contributed by atoms with E-state index in [1.807, 2.05) is 19.2 Å². The van der Waals surface area contributed by atoms with Gasteiger partial charge in [0.2, 0.25) is 5.91 Å². The second kappa shape index (κ2) is 7.61. The number of carbonyl (C=O) groups excluding carboxylic acids is 2. The average molecular weight is 331 g/mol. The normalized spacial score (nSPS) is 21.4. The van der Waals surface area contributed by atoms with Crippen LogP contribution in [0.5, 0.6) is 0 Å². The molecule has 2 aliphatic rings. The number of anilines is 1. The smallest absolute Gasteiger partial charge is 0.324 e. The minimum atomic E-state index is -0.255. The Hall–Kier alpha value is -2.15. The van der Waals surface area contributed by atoms with E-state index >= 15 is 0 Å². The molecule has 7 heteroatoms. The first-order valence-corrected chi connectivity index (χ1v) is 8.59. The summed E-state index contributed by atoms with van der Waals surface area (Å²) in [7, 11) is 0. The molecule has 0 aromatic carbocycles. The third-order valence-electron chi connectivity index (χ3n) is 4.65. The maximum absolute atomic E-state index is 11.5. The maximum atomic E-state index is 11.5. The minimum Gasteiger partial charge on any atom is -0.370 e. The van der Waals surface area contributed by atoms with Crippen LogP contribution in [0.15, 0.2) is 18.3 Å². The number of aryl methyl sites for hydroxylation is 1. The zero-order chi connectivity index (χ0) is 16.9. The molecule has 2 fully saturated rings. The van der Waals surface area contributed by atoms with Gasteiger partial charge in [0.25, 0.3) is 0 Å². The van der Waals surface area contributed by atoms with Crippen molar-refractivity contribution in [2.75, 3.05) is 44.6 Å². The summed E-state index contributed by atoms with van der Waals surface area (Å²) in [5.41, 5.74) is 1.16. The fourth-order valence-corrected chi connectivity index (χ4v) is 3.24. The van der Waals surface area contributed by atoms with Gasteiger partial charge in [-0.05, 0) is 50.4 Å². The molecule has 3 heterocycles. The summed E-state index contributed by atoms with van der Waals surface area (Å²) >= 11 is 0. The fraction of sp³-hybridized carbons (Fsp3) is 0.588. The van der Waals surface area contributed by atoms with Crippen molar-refractivity contribution in [3.63, 3.8) is 0 Å². The van der Waals surface area contributed by atoms with Crippen LogP contribution in [0, 0.1) is 12.8 Å². The van der Waals surface area contributed by atoms with Gasteiger partial charge in [0, 0.05) is 25.8 Å². The average Bonchev–Trinajstić information content (AvgIpc) is 3.15. The predicted octanol–water partition coefficient (Wildman–Crippen LogP) is 1.07. The lowest BCUT2D eigenvalue weighted by Gasteiger charge is -2.18. The number of nitrogens with one attached hydrogen (secondary N) is 2. The number of hydrogen-bond donors (Lipinski definition) is 2. The highest BCUT2D eigenvalue weighted by Gasteiger charge is 2.28. The van der Waals surface area contributed by atoms with Crippen LogP contribution in [0.3, 0.4) is 0 Å². The topological polar surface area (TPSA) is 77.6 Å². The lowest BCUT2D eigenvalue weighted by molar-refractivity contribution is -0.125. The zero-order valence-electron chi connectivity index (χ0n) is 14.1. The quantitative estimate of drug-likeness (QED) is 0.731. The van der Waals surface area contributed by atoms with Gasteiger partial charge in [-0.1, -0.05) is 6.07 Å². The van der Waals surface area contributed by atoms with E-state index in [0.29, 0.717) is 12.5 Å². The summed E-state index contributed by atoms with van der Waals surface area (Å²) in [6.07, 6.45) is 3.87. The fourth-order valence-electron chi connectivity index (χ4n) is 3.24. The van der Waals surface area contributed by atoms with Crippen molar-refractivity contribution in [3.8, 4) is 0 Å². The number of pyridine rings is 1. The molecule has 1 unspecified atom stereocenters. The Bertz CT molecular complexity index is 573. The van der Waals surface area contributed by atoms with Crippen molar-refractivity contribution in [1.82, 2.24) is 20.1 Å². The number of nitrogens with zero attached hydrogens (tertiary/aromatic N) is 3. The van der Waals surface area contributed by atoms with Crippen LogP contribution < -0.4 is 10.6 Å². The minimum absolute atomic E-state index is 0.117. The molecular weight excluding hydrogens is 306 g/mol. The van der Waals surface area contributed by atoms with Crippen LogP contribution in [0.2, 0.25) is 0 Å². The number of likely N-dealkylation sites (tertiary alicyclic amines) is 1. The van der Waals surface area contributed by atoms with Gasteiger partial charge in [0.1, 0.15) is 5.82 Å². The van der Waals surface area contributed by atoms with Crippen molar-refractivity contribution in [2.45, 2.75) is 19.8 Å². The Kier molecular flexibility index (Phi) is 5.30. The highest BCUT2D eigenvalue weighted by atomic mass is 16.2. The van der Waals surface area contributed by atoms with E-state index in [1.165, 1.54) is 11.3 Å². The van der Waals surface area contributed by atoms with E-state index in [9.17, 15) is 9.59 Å². The molecule has 2 aliphatic heterocycles. The summed E-state index contributed by atoms with van der Waals surface area (Å²) in [6, 6.07) is 3.82. The van der Waals surface area contributed by atoms with E-state index in [-0.39, 0.29) is 18.5 Å². The molecule has 0 saturated carbocycles. The van der Waals surface area contributed by atoms with Gasteiger partial charge in [-0.3, -0.25) is 9.69 Å². The van der Waals surface area contributed by atoms with Crippen LogP contribution in [0.25, 0.3) is 0 Å². The highest BCUT2D eigenvalue weighted by molar-refractivity contribution is 6.01. The first kappa shape index (κ1) is 16.7. The Labute approximate surface area is 142 Å². The van der Waals surface area contributed by atoms with Crippen LogP contribution in [0.1, 0.15) is 18.4 Å². The molecule has 7 nitrogen and oxygen atoms in total. The highest BCUT2D eigenvalue weighted by Crippen LogP contribution is 2.17. The van der Waals surface area contributed by atoms with Crippen LogP contribution >= 0.6 is 0 Å². The lowest BCUT2D eigenvalue weighted by Crippen LogP contribution is -2.34. The Morgan fingerprint density at radius 3 is 2.92 bits per heavy atom. The van der Waals surface area contributed by atoms with Gasteiger partial charge < -0.3 is 15.5 Å². The third-order valence-corrected chi connectivity index (χ3v) is 4.65. The van der Waals surface area contributed by atoms with Gasteiger partial charge >= 0.3 is 6.03 Å². The molecule has 2 N–H and O–H groups in total. The molecule has 2 saturated heterocycles. The summed E-state index contributed by atoms with van der Waals surface area (Å²) in [6.45, 7) is 6.68.